The van der Waals surface area contributed by atoms with Crippen LogP contribution in [-0.2, 0) is 11.2 Å². The van der Waals surface area contributed by atoms with E-state index in [9.17, 15) is 4.79 Å². The molecule has 3 aliphatic rings. The third kappa shape index (κ3) is 4.29. The molecule has 0 spiro atoms. The zero-order valence-corrected chi connectivity index (χ0v) is 16.1. The molecule has 0 bridgehead atoms. The van der Waals surface area contributed by atoms with Gasteiger partial charge in [0.15, 0.2) is 17.3 Å². The number of hydrogen-bond donors (Lipinski definition) is 1. The van der Waals surface area contributed by atoms with Crippen molar-refractivity contribution in [2.75, 3.05) is 44.8 Å². The van der Waals surface area contributed by atoms with Crippen LogP contribution in [0.4, 0.5) is 10.5 Å². The van der Waals surface area contributed by atoms with Gasteiger partial charge in [-0.1, -0.05) is 5.16 Å². The second-order valence-corrected chi connectivity index (χ2v) is 7.71. The summed E-state index contributed by atoms with van der Waals surface area (Å²) < 4.78 is 22.0. The van der Waals surface area contributed by atoms with Crippen LogP contribution < -0.4 is 14.8 Å². The largest absolute Gasteiger partial charge is 0.486 e. The first kappa shape index (κ1) is 18.2. The normalized spacial score (nSPS) is 18.4. The number of carbonyl (C=O) groups is 1. The fourth-order valence-electron chi connectivity index (χ4n) is 3.36. The first-order valence-corrected chi connectivity index (χ1v) is 10.1. The van der Waals surface area contributed by atoms with Crippen molar-refractivity contribution in [3.8, 4) is 11.5 Å². The minimum absolute atomic E-state index is 0.0784. The molecule has 3 heterocycles. The number of aromatic nitrogens is 2. The van der Waals surface area contributed by atoms with Crippen molar-refractivity contribution in [2.45, 2.75) is 25.2 Å². The highest BCUT2D eigenvalue weighted by molar-refractivity contribution is 5.90. The molecule has 1 saturated heterocycles. The number of ether oxygens (including phenoxy) is 3. The molecule has 0 unspecified atom stereocenters. The van der Waals surface area contributed by atoms with Crippen molar-refractivity contribution in [1.82, 2.24) is 15.0 Å². The van der Waals surface area contributed by atoms with Gasteiger partial charge in [0.2, 0.25) is 5.89 Å². The van der Waals surface area contributed by atoms with Crippen molar-refractivity contribution in [3.05, 3.63) is 29.9 Å². The van der Waals surface area contributed by atoms with Gasteiger partial charge in [0.1, 0.15) is 13.2 Å². The Hall–Kier alpha value is -2.81. The van der Waals surface area contributed by atoms with Gasteiger partial charge in [-0.25, -0.2) is 4.79 Å². The zero-order valence-electron chi connectivity index (χ0n) is 16.1. The summed E-state index contributed by atoms with van der Waals surface area (Å²) in [5.74, 6) is 3.43. The summed E-state index contributed by atoms with van der Waals surface area (Å²) in [4.78, 5) is 18.6. The first-order valence-electron chi connectivity index (χ1n) is 10.1. The first-order chi connectivity index (χ1) is 14.2. The second-order valence-electron chi connectivity index (χ2n) is 7.71. The molecule has 2 amide bonds. The maximum absolute atomic E-state index is 12.4. The van der Waals surface area contributed by atoms with E-state index in [1.165, 1.54) is 12.8 Å². The molecule has 2 fully saturated rings. The third-order valence-corrected chi connectivity index (χ3v) is 5.32. The van der Waals surface area contributed by atoms with Crippen molar-refractivity contribution >= 4 is 11.7 Å². The number of nitrogens with zero attached hydrogens (tertiary/aromatic N) is 3. The molecule has 154 valence electrons. The van der Waals surface area contributed by atoms with E-state index in [2.05, 4.69) is 15.5 Å². The van der Waals surface area contributed by atoms with Crippen LogP contribution in [0.3, 0.4) is 0 Å². The molecular weight excluding hydrogens is 376 g/mol. The van der Waals surface area contributed by atoms with Crippen LogP contribution in [0, 0.1) is 5.92 Å². The van der Waals surface area contributed by atoms with E-state index in [0.29, 0.717) is 68.2 Å². The van der Waals surface area contributed by atoms with Crippen molar-refractivity contribution in [3.63, 3.8) is 0 Å². The van der Waals surface area contributed by atoms with Crippen molar-refractivity contribution in [1.29, 1.82) is 0 Å². The Morgan fingerprint density at radius 2 is 2.03 bits per heavy atom. The molecule has 1 aromatic carbocycles. The Bertz CT molecular complexity index is 876. The van der Waals surface area contributed by atoms with Crippen molar-refractivity contribution < 1.29 is 23.5 Å². The van der Waals surface area contributed by atoms with Gasteiger partial charge in [-0.2, -0.15) is 4.98 Å². The van der Waals surface area contributed by atoms with Gasteiger partial charge in [-0.15, -0.1) is 0 Å². The molecule has 1 N–H and O–H groups in total. The molecule has 2 aliphatic heterocycles. The highest BCUT2D eigenvalue weighted by Crippen LogP contribution is 2.33. The summed E-state index contributed by atoms with van der Waals surface area (Å²) in [6.45, 7) is 3.60. The zero-order chi connectivity index (χ0) is 19.6. The topological polar surface area (TPSA) is 99.0 Å². The van der Waals surface area contributed by atoms with Crippen LogP contribution in [0.2, 0.25) is 0 Å². The minimum atomic E-state index is -0.161. The Morgan fingerprint density at radius 1 is 1.21 bits per heavy atom. The predicted octanol–water partition coefficient (Wildman–Crippen LogP) is 2.44. The van der Waals surface area contributed by atoms with Crippen molar-refractivity contribution in [2.24, 2.45) is 5.92 Å². The smallest absolute Gasteiger partial charge is 0.321 e. The molecule has 1 aromatic heterocycles. The number of nitrogens with one attached hydrogen (secondary N) is 1. The van der Waals surface area contributed by atoms with Crippen LogP contribution in [0.25, 0.3) is 0 Å². The summed E-state index contributed by atoms with van der Waals surface area (Å²) in [5.41, 5.74) is 0.675. The van der Waals surface area contributed by atoms with E-state index in [1.807, 2.05) is 0 Å². The number of urea groups is 1. The molecule has 0 atom stereocenters. The molecule has 1 saturated carbocycles. The minimum Gasteiger partial charge on any atom is -0.486 e. The van der Waals surface area contributed by atoms with Crippen LogP contribution in [-0.4, -0.2) is 60.6 Å². The van der Waals surface area contributed by atoms with Crippen LogP contribution in [0.1, 0.15) is 30.5 Å². The highest BCUT2D eigenvalue weighted by Gasteiger charge is 2.35. The molecule has 2 aromatic rings. The van der Waals surface area contributed by atoms with E-state index in [4.69, 9.17) is 18.7 Å². The van der Waals surface area contributed by atoms with E-state index in [-0.39, 0.29) is 11.9 Å². The standard InChI is InChI=1S/C20H24N4O5/c25-20(21-15-3-4-16-17(9-15)28-8-7-27-16)24-10-14(11-24)19-22-18(23-29-19)5-6-26-12-13-1-2-13/h3-4,9,13-14H,1-2,5-8,10-12H2,(H,21,25). The molecule has 29 heavy (non-hydrogen) atoms. The molecule has 9 nitrogen and oxygen atoms in total. The van der Waals surface area contributed by atoms with Gasteiger partial charge in [-0.05, 0) is 30.9 Å². The lowest BCUT2D eigenvalue weighted by atomic mass is 10.0. The average molecular weight is 400 g/mol. The molecule has 0 radical (unpaired) electrons. The Labute approximate surface area is 168 Å². The second kappa shape index (κ2) is 7.90. The quantitative estimate of drug-likeness (QED) is 0.713. The maximum atomic E-state index is 12.4. The van der Waals surface area contributed by atoms with Crippen LogP contribution in [0.15, 0.2) is 22.7 Å². The highest BCUT2D eigenvalue weighted by atomic mass is 16.6. The molecule has 1 aliphatic carbocycles. The summed E-state index contributed by atoms with van der Waals surface area (Å²) in [7, 11) is 0. The van der Waals surface area contributed by atoms with Crippen LogP contribution in [0.5, 0.6) is 11.5 Å². The van der Waals surface area contributed by atoms with E-state index >= 15 is 0 Å². The summed E-state index contributed by atoms with van der Waals surface area (Å²) >= 11 is 0. The molecular formula is C20H24N4O5. The number of benzene rings is 1. The number of anilines is 1. The third-order valence-electron chi connectivity index (χ3n) is 5.32. The van der Waals surface area contributed by atoms with E-state index in [1.54, 1.807) is 23.1 Å². The molecule has 5 rings (SSSR count). The van der Waals surface area contributed by atoms with Gasteiger partial charge in [-0.3, -0.25) is 0 Å². The number of likely N-dealkylation sites (tertiary alicyclic amines) is 1. The molecule has 9 heteroatoms. The van der Waals surface area contributed by atoms with Crippen LogP contribution >= 0.6 is 0 Å². The Balaban J connectivity index is 1.08. The lowest BCUT2D eigenvalue weighted by molar-refractivity contribution is 0.125. The summed E-state index contributed by atoms with van der Waals surface area (Å²) in [6.07, 6.45) is 3.22. The summed E-state index contributed by atoms with van der Waals surface area (Å²) in [6, 6.07) is 5.22. The number of carbonyl (C=O) groups excluding carboxylic acids is 1. The monoisotopic (exact) mass is 400 g/mol. The lowest BCUT2D eigenvalue weighted by Gasteiger charge is -2.36. The Kier molecular flexibility index (Phi) is 4.97. The van der Waals surface area contributed by atoms with Gasteiger partial charge < -0.3 is 29.0 Å². The van der Waals surface area contributed by atoms with Gasteiger partial charge in [0.05, 0.1) is 12.5 Å². The Morgan fingerprint density at radius 3 is 2.86 bits per heavy atom. The van der Waals surface area contributed by atoms with Gasteiger partial charge in [0.25, 0.3) is 0 Å². The summed E-state index contributed by atoms with van der Waals surface area (Å²) in [5, 5.41) is 6.91. The fraction of sp³-hybridized carbons (Fsp3) is 0.550. The number of hydrogen-bond acceptors (Lipinski definition) is 7. The maximum Gasteiger partial charge on any atom is 0.321 e. The average Bonchev–Trinajstić information content (AvgIpc) is 3.41. The number of fused-ring (bicyclic) bond motifs is 1. The van der Waals surface area contributed by atoms with Gasteiger partial charge in [0, 0.05) is 37.9 Å². The number of rotatable bonds is 7. The number of amides is 2. The SMILES string of the molecule is O=C(Nc1ccc2c(c1)OCCO2)N1CC(c2nc(CCOCC3CC3)no2)C1. The predicted molar refractivity (Wildman–Crippen MR) is 102 cm³/mol. The van der Waals surface area contributed by atoms with E-state index < -0.39 is 0 Å². The van der Waals surface area contributed by atoms with E-state index in [0.717, 1.165) is 12.5 Å². The van der Waals surface area contributed by atoms with Gasteiger partial charge >= 0.3 is 6.03 Å². The lowest BCUT2D eigenvalue weighted by Crippen LogP contribution is -2.50. The fourth-order valence-corrected chi connectivity index (χ4v) is 3.36.